The molecular weight excluding hydrogens is 300 g/mol. The summed E-state index contributed by atoms with van der Waals surface area (Å²) in [6, 6.07) is 10.3. The molecule has 0 aliphatic rings. The molecule has 0 bridgehead atoms. The third-order valence-electron chi connectivity index (χ3n) is 3.02. The van der Waals surface area contributed by atoms with Crippen molar-refractivity contribution < 1.29 is 0 Å². The van der Waals surface area contributed by atoms with Crippen LogP contribution in [0.5, 0.6) is 0 Å². The Bertz CT molecular complexity index is 754. The van der Waals surface area contributed by atoms with Gasteiger partial charge in [-0.05, 0) is 36.8 Å². The number of benzene rings is 1. The monoisotopic (exact) mass is 316 g/mol. The first-order valence-corrected chi connectivity index (χ1v) is 8.81. The minimum absolute atomic E-state index is 0.664. The molecule has 2 heterocycles. The van der Waals surface area contributed by atoms with E-state index in [1.165, 1.54) is 4.90 Å². The van der Waals surface area contributed by atoms with Gasteiger partial charge >= 0.3 is 0 Å². The molecule has 108 valence electrons. The second-order valence-corrected chi connectivity index (χ2v) is 6.13. The Balaban J connectivity index is 2.04. The van der Waals surface area contributed by atoms with Crippen LogP contribution in [0.25, 0.3) is 10.2 Å². The predicted octanol–water partition coefficient (Wildman–Crippen LogP) is 4.59. The Morgan fingerprint density at radius 1 is 1.19 bits per heavy atom. The second kappa shape index (κ2) is 6.32. The largest absolute Gasteiger partial charge is 0.354 e. The number of para-hydroxylation sites is 1. The van der Waals surface area contributed by atoms with Crippen molar-refractivity contribution in [1.82, 2.24) is 9.97 Å². The van der Waals surface area contributed by atoms with Crippen molar-refractivity contribution in [3.05, 3.63) is 35.7 Å². The van der Waals surface area contributed by atoms with Crippen LogP contribution in [-0.2, 0) is 0 Å². The molecule has 0 aliphatic carbocycles. The summed E-state index contributed by atoms with van der Waals surface area (Å²) in [7, 11) is 0. The zero-order chi connectivity index (χ0) is 14.7. The van der Waals surface area contributed by atoms with Gasteiger partial charge < -0.3 is 10.6 Å². The minimum atomic E-state index is 0.664. The highest BCUT2D eigenvalue weighted by molar-refractivity contribution is 7.98. The Hall–Kier alpha value is -1.79. The van der Waals surface area contributed by atoms with Crippen LogP contribution in [-0.4, -0.2) is 22.8 Å². The molecule has 3 aromatic rings. The Labute approximate surface area is 132 Å². The predicted molar refractivity (Wildman–Crippen MR) is 93.1 cm³/mol. The summed E-state index contributed by atoms with van der Waals surface area (Å²) < 4.78 is 0. The van der Waals surface area contributed by atoms with Crippen LogP contribution >= 0.6 is 23.1 Å². The van der Waals surface area contributed by atoms with Gasteiger partial charge in [0.1, 0.15) is 10.6 Å². The number of nitrogens with one attached hydrogen (secondary N) is 2. The molecule has 0 aliphatic heterocycles. The fourth-order valence-corrected chi connectivity index (χ4v) is 3.38. The molecule has 21 heavy (non-hydrogen) atoms. The molecule has 0 unspecified atom stereocenters. The molecular formula is C15H16N4S2. The number of anilines is 3. The lowest BCUT2D eigenvalue weighted by molar-refractivity contribution is 1.11. The lowest BCUT2D eigenvalue weighted by Gasteiger charge is -2.12. The number of hydrogen-bond donors (Lipinski definition) is 2. The number of aromatic nitrogens is 2. The van der Waals surface area contributed by atoms with E-state index in [0.29, 0.717) is 5.95 Å². The number of thioether (sulfide) groups is 1. The zero-order valence-electron chi connectivity index (χ0n) is 11.9. The first kappa shape index (κ1) is 14.2. The lowest BCUT2D eigenvalue weighted by Crippen LogP contribution is -2.04. The van der Waals surface area contributed by atoms with Crippen molar-refractivity contribution in [3.63, 3.8) is 0 Å². The van der Waals surface area contributed by atoms with E-state index in [1.807, 2.05) is 24.4 Å². The number of nitrogens with zero attached hydrogens (tertiary/aromatic N) is 2. The van der Waals surface area contributed by atoms with Crippen LogP contribution < -0.4 is 10.6 Å². The first-order valence-electron chi connectivity index (χ1n) is 6.71. The van der Waals surface area contributed by atoms with Gasteiger partial charge in [-0.1, -0.05) is 12.1 Å². The number of rotatable bonds is 5. The Morgan fingerprint density at radius 2 is 2.05 bits per heavy atom. The van der Waals surface area contributed by atoms with E-state index in [2.05, 4.69) is 45.1 Å². The summed E-state index contributed by atoms with van der Waals surface area (Å²) in [5.74, 6) is 1.51. The van der Waals surface area contributed by atoms with E-state index < -0.39 is 0 Å². The van der Waals surface area contributed by atoms with E-state index in [9.17, 15) is 0 Å². The van der Waals surface area contributed by atoms with Crippen molar-refractivity contribution in [2.75, 3.05) is 23.4 Å². The Morgan fingerprint density at radius 3 is 2.86 bits per heavy atom. The summed E-state index contributed by atoms with van der Waals surface area (Å²) in [5, 5.41) is 9.73. The van der Waals surface area contributed by atoms with Gasteiger partial charge in [-0.3, -0.25) is 0 Å². The van der Waals surface area contributed by atoms with Crippen LogP contribution in [0.3, 0.4) is 0 Å². The maximum Gasteiger partial charge on any atom is 0.226 e. The van der Waals surface area contributed by atoms with Gasteiger partial charge in [0, 0.05) is 11.4 Å². The molecule has 0 atom stereocenters. The molecule has 4 nitrogen and oxygen atoms in total. The molecule has 2 N–H and O–H groups in total. The highest BCUT2D eigenvalue weighted by Crippen LogP contribution is 2.32. The van der Waals surface area contributed by atoms with Crippen molar-refractivity contribution in [2.24, 2.45) is 0 Å². The van der Waals surface area contributed by atoms with Crippen LogP contribution in [0.4, 0.5) is 17.5 Å². The van der Waals surface area contributed by atoms with Crippen LogP contribution in [0.2, 0.25) is 0 Å². The smallest absolute Gasteiger partial charge is 0.226 e. The summed E-state index contributed by atoms with van der Waals surface area (Å²) in [4.78, 5) is 11.3. The summed E-state index contributed by atoms with van der Waals surface area (Å²) in [6.45, 7) is 2.84. The van der Waals surface area contributed by atoms with Crippen molar-refractivity contribution >= 4 is 50.8 Å². The molecule has 0 spiro atoms. The summed E-state index contributed by atoms with van der Waals surface area (Å²) in [6.07, 6.45) is 2.07. The lowest BCUT2D eigenvalue weighted by atomic mass is 10.3. The molecule has 0 radical (unpaired) electrons. The van der Waals surface area contributed by atoms with E-state index in [4.69, 9.17) is 0 Å². The molecule has 3 rings (SSSR count). The van der Waals surface area contributed by atoms with Gasteiger partial charge in [0.05, 0.1) is 11.1 Å². The van der Waals surface area contributed by atoms with Gasteiger partial charge in [-0.25, -0.2) is 4.98 Å². The third kappa shape index (κ3) is 2.96. The van der Waals surface area contributed by atoms with Crippen molar-refractivity contribution in [3.8, 4) is 0 Å². The van der Waals surface area contributed by atoms with Crippen LogP contribution in [0.1, 0.15) is 6.92 Å². The summed E-state index contributed by atoms with van der Waals surface area (Å²) in [5.41, 5.74) is 1.07. The number of hydrogen-bond acceptors (Lipinski definition) is 6. The van der Waals surface area contributed by atoms with E-state index in [1.54, 1.807) is 23.1 Å². The first-order chi connectivity index (χ1) is 10.3. The molecule has 2 aromatic heterocycles. The minimum Gasteiger partial charge on any atom is -0.354 e. The number of fused-ring (bicyclic) bond motifs is 1. The summed E-state index contributed by atoms with van der Waals surface area (Å²) >= 11 is 3.34. The fourth-order valence-electron chi connectivity index (χ4n) is 2.06. The molecule has 0 fully saturated rings. The maximum absolute atomic E-state index is 4.60. The van der Waals surface area contributed by atoms with Gasteiger partial charge in [-0.2, -0.15) is 4.98 Å². The van der Waals surface area contributed by atoms with Crippen LogP contribution in [0.15, 0.2) is 40.6 Å². The second-order valence-electron chi connectivity index (χ2n) is 4.39. The van der Waals surface area contributed by atoms with Gasteiger partial charge in [0.2, 0.25) is 5.95 Å². The molecule has 0 amide bonds. The average molecular weight is 316 g/mol. The SMILES string of the molecule is CCNc1nc(Nc2ccccc2SC)c2ccsc2n1. The third-order valence-corrected chi connectivity index (χ3v) is 4.62. The zero-order valence-corrected chi connectivity index (χ0v) is 13.5. The van der Waals surface area contributed by atoms with Crippen molar-refractivity contribution in [2.45, 2.75) is 11.8 Å². The molecule has 1 aromatic carbocycles. The highest BCUT2D eigenvalue weighted by Gasteiger charge is 2.10. The van der Waals surface area contributed by atoms with Crippen LogP contribution in [0, 0.1) is 0 Å². The van der Waals surface area contributed by atoms with E-state index in [0.717, 1.165) is 28.3 Å². The number of thiophene rings is 1. The Kier molecular flexibility index (Phi) is 4.26. The fraction of sp³-hybridized carbons (Fsp3) is 0.200. The van der Waals surface area contributed by atoms with Crippen molar-refractivity contribution in [1.29, 1.82) is 0 Å². The van der Waals surface area contributed by atoms with E-state index in [-0.39, 0.29) is 0 Å². The normalized spacial score (nSPS) is 10.8. The quantitative estimate of drug-likeness (QED) is 0.674. The van der Waals surface area contributed by atoms with Gasteiger partial charge in [0.25, 0.3) is 0 Å². The average Bonchev–Trinajstić information content (AvgIpc) is 2.97. The molecule has 0 saturated carbocycles. The molecule has 6 heteroatoms. The topological polar surface area (TPSA) is 49.8 Å². The van der Waals surface area contributed by atoms with Gasteiger partial charge in [-0.15, -0.1) is 23.1 Å². The molecule has 0 saturated heterocycles. The van der Waals surface area contributed by atoms with Gasteiger partial charge in [0.15, 0.2) is 0 Å². The highest BCUT2D eigenvalue weighted by atomic mass is 32.2. The maximum atomic E-state index is 4.60. The standard InChI is InChI=1S/C15H16N4S2/c1-3-16-15-18-13(10-8-9-21-14(10)19-15)17-11-6-4-5-7-12(11)20-2/h4-9H,3H2,1-2H3,(H2,16,17,18,19). The van der Waals surface area contributed by atoms with E-state index >= 15 is 0 Å².